The Kier molecular flexibility index (Phi) is 3.85. The number of aryl methyl sites for hydroxylation is 1. The highest BCUT2D eigenvalue weighted by Gasteiger charge is 2.36. The summed E-state index contributed by atoms with van der Waals surface area (Å²) in [7, 11) is 0. The Hall–Kier alpha value is -1.62. The van der Waals surface area contributed by atoms with E-state index in [0.29, 0.717) is 17.4 Å². The Morgan fingerprint density at radius 1 is 1.43 bits per heavy atom. The third-order valence-corrected chi connectivity index (χ3v) is 4.71. The number of anilines is 1. The standard InChI is InChI=1S/C16H24N4O/c1-3-13-7-12(8-15(17)18-13)16(21)20-10-14-5-4-6-19(14)9-11(20)2/h7-8,11,14H,3-6,9-10H2,1-2H3,(H2,17,18). The maximum absolute atomic E-state index is 12.8. The van der Waals surface area contributed by atoms with Gasteiger partial charge in [-0.15, -0.1) is 0 Å². The van der Waals surface area contributed by atoms with Gasteiger partial charge in [0.1, 0.15) is 5.82 Å². The molecule has 3 rings (SSSR count). The molecule has 2 saturated heterocycles. The summed E-state index contributed by atoms with van der Waals surface area (Å²) in [5, 5.41) is 0. The molecule has 2 aliphatic rings. The van der Waals surface area contributed by atoms with Gasteiger partial charge >= 0.3 is 0 Å². The third kappa shape index (κ3) is 2.75. The molecule has 1 amide bonds. The second-order valence-corrected chi connectivity index (χ2v) is 6.22. The first-order valence-corrected chi connectivity index (χ1v) is 7.90. The Balaban J connectivity index is 1.82. The zero-order valence-corrected chi connectivity index (χ0v) is 12.9. The maximum Gasteiger partial charge on any atom is 0.254 e. The first-order valence-electron chi connectivity index (χ1n) is 7.90. The van der Waals surface area contributed by atoms with E-state index in [-0.39, 0.29) is 11.9 Å². The van der Waals surface area contributed by atoms with Crippen molar-refractivity contribution >= 4 is 11.7 Å². The lowest BCUT2D eigenvalue weighted by atomic mass is 10.1. The Morgan fingerprint density at radius 2 is 2.24 bits per heavy atom. The van der Waals surface area contributed by atoms with E-state index in [1.165, 1.54) is 19.4 Å². The summed E-state index contributed by atoms with van der Waals surface area (Å²) in [6, 6.07) is 4.38. The number of amides is 1. The van der Waals surface area contributed by atoms with Crippen molar-refractivity contribution in [2.45, 2.75) is 45.2 Å². The molecule has 0 radical (unpaired) electrons. The average Bonchev–Trinajstić information content (AvgIpc) is 2.92. The van der Waals surface area contributed by atoms with Crippen molar-refractivity contribution in [2.75, 3.05) is 25.4 Å². The molecule has 2 N–H and O–H groups in total. The van der Waals surface area contributed by atoms with E-state index in [1.807, 2.05) is 17.9 Å². The van der Waals surface area contributed by atoms with E-state index in [1.54, 1.807) is 6.07 Å². The number of fused-ring (bicyclic) bond motifs is 1. The number of nitrogens with zero attached hydrogens (tertiary/aromatic N) is 3. The Bertz CT molecular complexity index is 545. The van der Waals surface area contributed by atoms with Gasteiger partial charge in [0.05, 0.1) is 0 Å². The van der Waals surface area contributed by atoms with Crippen LogP contribution < -0.4 is 5.73 Å². The van der Waals surface area contributed by atoms with Crippen LogP contribution in [-0.2, 0) is 6.42 Å². The Labute approximate surface area is 126 Å². The van der Waals surface area contributed by atoms with Gasteiger partial charge in [-0.3, -0.25) is 9.69 Å². The summed E-state index contributed by atoms with van der Waals surface area (Å²) in [6.45, 7) is 7.16. The van der Waals surface area contributed by atoms with Gasteiger partial charge in [0, 0.05) is 36.4 Å². The van der Waals surface area contributed by atoms with Crippen LogP contribution in [0.5, 0.6) is 0 Å². The number of piperazine rings is 1. The molecular weight excluding hydrogens is 264 g/mol. The molecule has 0 spiro atoms. The predicted molar refractivity (Wildman–Crippen MR) is 83.1 cm³/mol. The smallest absolute Gasteiger partial charge is 0.254 e. The molecule has 114 valence electrons. The van der Waals surface area contributed by atoms with Crippen LogP contribution in [0, 0.1) is 0 Å². The minimum absolute atomic E-state index is 0.0952. The third-order valence-electron chi connectivity index (χ3n) is 4.71. The summed E-state index contributed by atoms with van der Waals surface area (Å²) in [5.41, 5.74) is 7.39. The normalized spacial score (nSPS) is 25.9. The molecule has 2 fully saturated rings. The highest BCUT2D eigenvalue weighted by molar-refractivity contribution is 5.95. The van der Waals surface area contributed by atoms with Gasteiger partial charge in [-0.25, -0.2) is 4.98 Å². The molecule has 1 aromatic heterocycles. The van der Waals surface area contributed by atoms with E-state index in [2.05, 4.69) is 16.8 Å². The van der Waals surface area contributed by atoms with Crippen molar-refractivity contribution in [1.29, 1.82) is 0 Å². The van der Waals surface area contributed by atoms with Crippen LogP contribution in [0.2, 0.25) is 0 Å². The average molecular weight is 288 g/mol. The van der Waals surface area contributed by atoms with Crippen LogP contribution in [0.25, 0.3) is 0 Å². The molecule has 0 bridgehead atoms. The molecule has 2 unspecified atom stereocenters. The summed E-state index contributed by atoms with van der Waals surface area (Å²) in [5.74, 6) is 0.530. The summed E-state index contributed by atoms with van der Waals surface area (Å²) < 4.78 is 0. The van der Waals surface area contributed by atoms with E-state index >= 15 is 0 Å². The highest BCUT2D eigenvalue weighted by atomic mass is 16.2. The van der Waals surface area contributed by atoms with Crippen molar-refractivity contribution in [3.8, 4) is 0 Å². The molecule has 0 aromatic carbocycles. The van der Waals surface area contributed by atoms with Crippen molar-refractivity contribution < 1.29 is 4.79 Å². The molecule has 2 atom stereocenters. The minimum Gasteiger partial charge on any atom is -0.384 e. The van der Waals surface area contributed by atoms with Crippen molar-refractivity contribution in [3.63, 3.8) is 0 Å². The topological polar surface area (TPSA) is 62.5 Å². The predicted octanol–water partition coefficient (Wildman–Crippen LogP) is 1.53. The number of nitrogen functional groups attached to an aromatic ring is 1. The van der Waals surface area contributed by atoms with Gasteiger partial charge in [-0.05, 0) is 44.9 Å². The highest BCUT2D eigenvalue weighted by Crippen LogP contribution is 2.26. The van der Waals surface area contributed by atoms with Crippen LogP contribution in [0.3, 0.4) is 0 Å². The van der Waals surface area contributed by atoms with Crippen LogP contribution in [0.4, 0.5) is 5.82 Å². The van der Waals surface area contributed by atoms with Crippen molar-refractivity contribution in [1.82, 2.24) is 14.8 Å². The largest absolute Gasteiger partial charge is 0.384 e. The zero-order valence-electron chi connectivity index (χ0n) is 12.9. The number of rotatable bonds is 2. The van der Waals surface area contributed by atoms with Crippen LogP contribution >= 0.6 is 0 Å². The van der Waals surface area contributed by atoms with Gasteiger partial charge < -0.3 is 10.6 Å². The molecular formula is C16H24N4O. The molecule has 2 aliphatic heterocycles. The lowest BCUT2D eigenvalue weighted by molar-refractivity contribution is 0.0395. The Morgan fingerprint density at radius 3 is 3.00 bits per heavy atom. The molecule has 5 nitrogen and oxygen atoms in total. The van der Waals surface area contributed by atoms with E-state index in [4.69, 9.17) is 5.73 Å². The summed E-state index contributed by atoms with van der Waals surface area (Å²) >= 11 is 0. The molecule has 21 heavy (non-hydrogen) atoms. The van der Waals surface area contributed by atoms with Gasteiger partial charge in [0.15, 0.2) is 0 Å². The molecule has 5 heteroatoms. The fourth-order valence-electron chi connectivity index (χ4n) is 3.55. The summed E-state index contributed by atoms with van der Waals surface area (Å²) in [4.78, 5) is 21.6. The monoisotopic (exact) mass is 288 g/mol. The fraction of sp³-hybridized carbons (Fsp3) is 0.625. The molecule has 0 saturated carbocycles. The molecule has 0 aliphatic carbocycles. The second-order valence-electron chi connectivity index (χ2n) is 6.22. The number of pyridine rings is 1. The molecule has 3 heterocycles. The number of hydrogen-bond donors (Lipinski definition) is 1. The first kappa shape index (κ1) is 14.3. The zero-order chi connectivity index (χ0) is 15.0. The fourth-order valence-corrected chi connectivity index (χ4v) is 3.55. The van der Waals surface area contributed by atoms with Gasteiger partial charge in [0.25, 0.3) is 5.91 Å². The van der Waals surface area contributed by atoms with E-state index in [0.717, 1.165) is 25.2 Å². The minimum atomic E-state index is 0.0952. The van der Waals surface area contributed by atoms with Gasteiger partial charge in [0.2, 0.25) is 0 Å². The molecule has 1 aromatic rings. The SMILES string of the molecule is CCc1cc(C(=O)N2CC3CCCN3CC2C)cc(N)n1. The second kappa shape index (κ2) is 5.64. The number of hydrogen-bond acceptors (Lipinski definition) is 4. The number of aromatic nitrogens is 1. The quantitative estimate of drug-likeness (QED) is 0.896. The number of carbonyl (C=O) groups excluding carboxylic acids is 1. The van der Waals surface area contributed by atoms with Crippen LogP contribution in [-0.4, -0.2) is 52.4 Å². The maximum atomic E-state index is 12.8. The van der Waals surface area contributed by atoms with Crippen LogP contribution in [0.15, 0.2) is 12.1 Å². The van der Waals surface area contributed by atoms with Gasteiger partial charge in [-0.1, -0.05) is 6.92 Å². The van der Waals surface area contributed by atoms with Crippen molar-refractivity contribution in [2.24, 2.45) is 0 Å². The van der Waals surface area contributed by atoms with Gasteiger partial charge in [-0.2, -0.15) is 0 Å². The van der Waals surface area contributed by atoms with E-state index in [9.17, 15) is 4.79 Å². The summed E-state index contributed by atoms with van der Waals surface area (Å²) in [6.07, 6.45) is 3.24. The van der Waals surface area contributed by atoms with Crippen molar-refractivity contribution in [3.05, 3.63) is 23.4 Å². The first-order chi connectivity index (χ1) is 10.1. The lowest BCUT2D eigenvalue weighted by Crippen LogP contribution is -2.56. The van der Waals surface area contributed by atoms with Crippen LogP contribution in [0.1, 0.15) is 42.7 Å². The van der Waals surface area contributed by atoms with E-state index < -0.39 is 0 Å². The number of nitrogens with two attached hydrogens (primary N) is 1. The lowest BCUT2D eigenvalue weighted by Gasteiger charge is -2.42. The number of carbonyl (C=O) groups is 1.